The van der Waals surface area contributed by atoms with Gasteiger partial charge in [-0.05, 0) is 60.2 Å². The van der Waals surface area contributed by atoms with Gasteiger partial charge in [0.05, 0.1) is 22.3 Å². The number of fused-ring (bicyclic) bond motifs is 1. The van der Waals surface area contributed by atoms with Crippen molar-refractivity contribution in [1.82, 2.24) is 19.3 Å². The van der Waals surface area contributed by atoms with Crippen molar-refractivity contribution in [1.29, 1.82) is 5.26 Å². The smallest absolute Gasteiger partial charge is 0.151 e. The Kier molecular flexibility index (Phi) is 6.88. The van der Waals surface area contributed by atoms with Crippen LogP contribution in [0.15, 0.2) is 109 Å². The van der Waals surface area contributed by atoms with Gasteiger partial charge in [-0.3, -0.25) is 0 Å². The number of rotatable bonds is 7. The molecule has 40 heavy (non-hydrogen) atoms. The summed E-state index contributed by atoms with van der Waals surface area (Å²) in [6.45, 7) is 0.414. The molecular formula is C33H24ClN5O. The van der Waals surface area contributed by atoms with E-state index in [1.54, 1.807) is 0 Å². The molecule has 0 saturated carbocycles. The fourth-order valence-electron chi connectivity index (χ4n) is 4.60. The summed E-state index contributed by atoms with van der Waals surface area (Å²) < 4.78 is 9.85. The quantitative estimate of drug-likeness (QED) is 0.194. The van der Waals surface area contributed by atoms with Crippen molar-refractivity contribution in [2.45, 2.75) is 6.61 Å². The molecule has 0 bridgehead atoms. The lowest BCUT2D eigenvalue weighted by Crippen LogP contribution is -1.96. The summed E-state index contributed by atoms with van der Waals surface area (Å²) in [4.78, 5) is 4.74. The number of benzene rings is 4. The lowest BCUT2D eigenvalue weighted by Gasteiger charge is -2.08. The summed E-state index contributed by atoms with van der Waals surface area (Å²) in [6.07, 6.45) is 3.79. The van der Waals surface area contributed by atoms with E-state index in [1.807, 2.05) is 132 Å². The van der Waals surface area contributed by atoms with Gasteiger partial charge in [0.2, 0.25) is 0 Å². The Morgan fingerprint density at radius 3 is 2.50 bits per heavy atom. The SMILES string of the molecule is Cn1c(/C(C#N)=C\c2cn(-c3ccccc3)nc2-c2cccc(OCc3ccc(Cl)cc3)c2)nc2ccccc21. The number of aryl methyl sites for hydroxylation is 1. The number of nitrogens with zero attached hydrogens (tertiary/aromatic N) is 5. The van der Waals surface area contributed by atoms with Crippen molar-refractivity contribution in [3.8, 4) is 28.8 Å². The molecule has 7 heteroatoms. The number of halogens is 1. The van der Waals surface area contributed by atoms with Crippen LogP contribution in [0.2, 0.25) is 5.02 Å². The molecule has 2 heterocycles. The lowest BCUT2D eigenvalue weighted by molar-refractivity contribution is 0.306. The van der Waals surface area contributed by atoms with E-state index < -0.39 is 0 Å². The summed E-state index contributed by atoms with van der Waals surface area (Å²) in [5.74, 6) is 1.31. The van der Waals surface area contributed by atoms with Gasteiger partial charge in [-0.2, -0.15) is 10.4 Å². The average molecular weight is 542 g/mol. The van der Waals surface area contributed by atoms with Gasteiger partial charge in [0, 0.05) is 29.4 Å². The van der Waals surface area contributed by atoms with E-state index in [2.05, 4.69) is 6.07 Å². The van der Waals surface area contributed by atoms with Gasteiger partial charge in [0.1, 0.15) is 24.1 Å². The van der Waals surface area contributed by atoms with Crippen LogP contribution >= 0.6 is 11.6 Å². The summed E-state index contributed by atoms with van der Waals surface area (Å²) in [5.41, 5.74) is 6.58. The van der Waals surface area contributed by atoms with Crippen LogP contribution in [-0.4, -0.2) is 19.3 Å². The molecule has 0 aliphatic rings. The average Bonchev–Trinajstić information content (AvgIpc) is 3.57. The second kappa shape index (κ2) is 10.9. The van der Waals surface area contributed by atoms with Crippen LogP contribution < -0.4 is 4.74 Å². The van der Waals surface area contributed by atoms with Gasteiger partial charge in [0.15, 0.2) is 5.82 Å². The number of ether oxygens (including phenoxy) is 1. The minimum absolute atomic E-state index is 0.414. The van der Waals surface area contributed by atoms with E-state index in [1.165, 1.54) is 0 Å². The van der Waals surface area contributed by atoms with Crippen molar-refractivity contribution in [3.05, 3.63) is 131 Å². The zero-order valence-electron chi connectivity index (χ0n) is 21.7. The number of para-hydroxylation sites is 3. The van der Waals surface area contributed by atoms with Crippen molar-refractivity contribution >= 4 is 34.3 Å². The molecule has 6 aromatic rings. The topological polar surface area (TPSA) is 68.7 Å². The van der Waals surface area contributed by atoms with Crippen LogP contribution in [-0.2, 0) is 13.7 Å². The van der Waals surface area contributed by atoms with Crippen LogP contribution in [0.5, 0.6) is 5.75 Å². The zero-order chi connectivity index (χ0) is 27.5. The van der Waals surface area contributed by atoms with E-state index in [0.29, 0.717) is 28.8 Å². The van der Waals surface area contributed by atoms with E-state index >= 15 is 0 Å². The molecule has 0 saturated heterocycles. The number of aromatic nitrogens is 4. The van der Waals surface area contributed by atoms with Gasteiger partial charge in [0.25, 0.3) is 0 Å². The molecule has 4 aromatic carbocycles. The Bertz CT molecular complexity index is 1880. The van der Waals surface area contributed by atoms with Gasteiger partial charge in [-0.15, -0.1) is 0 Å². The Balaban J connectivity index is 1.41. The highest BCUT2D eigenvalue weighted by molar-refractivity contribution is 6.30. The molecular weight excluding hydrogens is 518 g/mol. The van der Waals surface area contributed by atoms with Gasteiger partial charge in [-0.1, -0.05) is 66.2 Å². The normalized spacial score (nSPS) is 11.5. The third kappa shape index (κ3) is 5.11. The summed E-state index contributed by atoms with van der Waals surface area (Å²) in [6, 6.07) is 35.5. The Hall–Kier alpha value is -5.12. The molecule has 0 atom stereocenters. The summed E-state index contributed by atoms with van der Waals surface area (Å²) in [5, 5.41) is 15.8. The molecule has 0 unspecified atom stereocenters. The number of imidazole rings is 1. The van der Waals surface area contributed by atoms with Gasteiger partial charge >= 0.3 is 0 Å². The standard InChI is InChI=1S/C33H24ClN5O/c1-38-31-13-6-5-12-30(31)36-33(38)25(20-35)18-26-21-39(28-9-3-2-4-10-28)37-32(26)24-8-7-11-29(19-24)40-22-23-14-16-27(34)17-15-23/h2-19,21H,22H2,1H3/b25-18-. The highest BCUT2D eigenvalue weighted by Gasteiger charge is 2.16. The monoisotopic (exact) mass is 541 g/mol. The van der Waals surface area contributed by atoms with E-state index in [4.69, 9.17) is 26.4 Å². The van der Waals surface area contributed by atoms with Crippen molar-refractivity contribution in [2.24, 2.45) is 7.05 Å². The second-order valence-corrected chi connectivity index (χ2v) is 9.75. The van der Waals surface area contributed by atoms with E-state index in [0.717, 1.165) is 39.1 Å². The van der Waals surface area contributed by atoms with E-state index in [-0.39, 0.29) is 0 Å². The first-order valence-corrected chi connectivity index (χ1v) is 13.1. The minimum atomic E-state index is 0.414. The maximum Gasteiger partial charge on any atom is 0.151 e. The lowest BCUT2D eigenvalue weighted by atomic mass is 10.1. The van der Waals surface area contributed by atoms with Crippen LogP contribution in [0.3, 0.4) is 0 Å². The fourth-order valence-corrected chi connectivity index (χ4v) is 4.73. The first-order chi connectivity index (χ1) is 19.6. The molecule has 2 aromatic heterocycles. The Morgan fingerprint density at radius 1 is 0.950 bits per heavy atom. The summed E-state index contributed by atoms with van der Waals surface area (Å²) >= 11 is 6.01. The Labute approximate surface area is 237 Å². The summed E-state index contributed by atoms with van der Waals surface area (Å²) in [7, 11) is 1.92. The molecule has 0 spiro atoms. The van der Waals surface area contributed by atoms with Gasteiger partial charge in [-0.25, -0.2) is 9.67 Å². The van der Waals surface area contributed by atoms with E-state index in [9.17, 15) is 5.26 Å². The van der Waals surface area contributed by atoms with Crippen LogP contribution in [0.1, 0.15) is 17.0 Å². The zero-order valence-corrected chi connectivity index (χ0v) is 22.5. The van der Waals surface area contributed by atoms with Crippen molar-refractivity contribution in [2.75, 3.05) is 0 Å². The molecule has 0 aliphatic carbocycles. The Morgan fingerprint density at radius 2 is 1.73 bits per heavy atom. The number of hydrogen-bond acceptors (Lipinski definition) is 4. The molecule has 0 fully saturated rings. The number of allylic oxidation sites excluding steroid dienone is 1. The highest BCUT2D eigenvalue weighted by atomic mass is 35.5. The second-order valence-electron chi connectivity index (χ2n) is 9.31. The first-order valence-electron chi connectivity index (χ1n) is 12.8. The maximum absolute atomic E-state index is 10.2. The third-order valence-electron chi connectivity index (χ3n) is 6.64. The van der Waals surface area contributed by atoms with Crippen molar-refractivity contribution in [3.63, 3.8) is 0 Å². The largest absolute Gasteiger partial charge is 0.489 e. The predicted octanol–water partition coefficient (Wildman–Crippen LogP) is 7.72. The fraction of sp³-hybridized carbons (Fsp3) is 0.0606. The van der Waals surface area contributed by atoms with Gasteiger partial charge < -0.3 is 9.30 Å². The molecule has 0 radical (unpaired) electrons. The molecule has 6 nitrogen and oxygen atoms in total. The number of nitriles is 1. The molecule has 0 N–H and O–H groups in total. The van der Waals surface area contributed by atoms with Crippen LogP contribution in [0.4, 0.5) is 0 Å². The highest BCUT2D eigenvalue weighted by Crippen LogP contribution is 2.31. The maximum atomic E-state index is 10.2. The molecule has 0 amide bonds. The number of hydrogen-bond donors (Lipinski definition) is 0. The third-order valence-corrected chi connectivity index (χ3v) is 6.89. The molecule has 0 aliphatic heterocycles. The first kappa shape index (κ1) is 25.2. The minimum Gasteiger partial charge on any atom is -0.489 e. The molecule has 194 valence electrons. The predicted molar refractivity (Wildman–Crippen MR) is 159 cm³/mol. The van der Waals surface area contributed by atoms with Crippen LogP contribution in [0, 0.1) is 11.3 Å². The van der Waals surface area contributed by atoms with Crippen molar-refractivity contribution < 1.29 is 4.74 Å². The molecule has 6 rings (SSSR count). The van der Waals surface area contributed by atoms with Crippen LogP contribution in [0.25, 0.3) is 39.6 Å².